The van der Waals surface area contributed by atoms with Crippen LogP contribution in [0.2, 0.25) is 15.1 Å². The summed E-state index contributed by atoms with van der Waals surface area (Å²) in [6.07, 6.45) is 1.33. The van der Waals surface area contributed by atoms with Gasteiger partial charge in [-0.25, -0.2) is 5.43 Å². The van der Waals surface area contributed by atoms with Gasteiger partial charge in [-0.15, -0.1) is 0 Å². The number of halogens is 3. The Morgan fingerprint density at radius 1 is 0.913 bits per heavy atom. The molecule has 0 fully saturated rings. The standard InChI is InChI=1S/C15H10Cl3N3O2/c16-10-5-2-1-4-9(10)8-19-21-15(23)14(22)20-12-7-3-6-11(17)13(12)18/h1-8H,(H,20,22)(H,21,23). The van der Waals surface area contributed by atoms with Gasteiger partial charge in [-0.1, -0.05) is 59.1 Å². The van der Waals surface area contributed by atoms with Crippen molar-refractivity contribution in [2.75, 3.05) is 5.32 Å². The molecular formula is C15H10Cl3N3O2. The number of hydrazone groups is 1. The fourth-order valence-electron chi connectivity index (χ4n) is 1.57. The van der Waals surface area contributed by atoms with E-state index in [2.05, 4.69) is 15.8 Å². The molecule has 0 radical (unpaired) electrons. The third kappa shape index (κ3) is 4.69. The van der Waals surface area contributed by atoms with Crippen LogP contribution in [0.15, 0.2) is 47.6 Å². The van der Waals surface area contributed by atoms with E-state index < -0.39 is 11.8 Å². The highest BCUT2D eigenvalue weighted by Gasteiger charge is 2.15. The molecule has 2 rings (SSSR count). The Hall–Kier alpha value is -2.08. The number of nitrogens with one attached hydrogen (secondary N) is 2. The van der Waals surface area contributed by atoms with Gasteiger partial charge in [0.15, 0.2) is 0 Å². The minimum atomic E-state index is -0.954. The SMILES string of the molecule is O=C(NN=Cc1ccccc1Cl)C(=O)Nc1cccc(Cl)c1Cl. The summed E-state index contributed by atoms with van der Waals surface area (Å²) in [7, 11) is 0. The molecule has 8 heteroatoms. The molecule has 0 aliphatic rings. The zero-order valence-corrected chi connectivity index (χ0v) is 13.8. The zero-order chi connectivity index (χ0) is 16.8. The molecule has 2 amide bonds. The summed E-state index contributed by atoms with van der Waals surface area (Å²) < 4.78 is 0. The lowest BCUT2D eigenvalue weighted by Crippen LogP contribution is -2.32. The summed E-state index contributed by atoms with van der Waals surface area (Å²) >= 11 is 17.7. The maximum Gasteiger partial charge on any atom is 0.329 e. The molecule has 2 aromatic rings. The second-order valence-corrected chi connectivity index (χ2v) is 5.47. The van der Waals surface area contributed by atoms with E-state index in [9.17, 15) is 9.59 Å². The van der Waals surface area contributed by atoms with Gasteiger partial charge in [-0.05, 0) is 18.2 Å². The lowest BCUT2D eigenvalue weighted by Gasteiger charge is -2.06. The monoisotopic (exact) mass is 369 g/mol. The number of hydrogen-bond donors (Lipinski definition) is 2. The Balaban J connectivity index is 1.97. The van der Waals surface area contributed by atoms with Crippen molar-refractivity contribution in [3.8, 4) is 0 Å². The molecule has 23 heavy (non-hydrogen) atoms. The van der Waals surface area contributed by atoms with E-state index in [-0.39, 0.29) is 15.7 Å². The van der Waals surface area contributed by atoms with Crippen molar-refractivity contribution < 1.29 is 9.59 Å². The minimum Gasteiger partial charge on any atom is -0.316 e. The molecule has 2 aromatic carbocycles. The number of anilines is 1. The van der Waals surface area contributed by atoms with Crippen LogP contribution in [0, 0.1) is 0 Å². The third-order valence-electron chi connectivity index (χ3n) is 2.68. The summed E-state index contributed by atoms with van der Waals surface area (Å²) in [6.45, 7) is 0. The molecule has 0 spiro atoms. The Kier molecular flexibility index (Phi) is 5.98. The normalized spacial score (nSPS) is 10.6. The predicted molar refractivity (Wildman–Crippen MR) is 92.3 cm³/mol. The molecule has 5 nitrogen and oxygen atoms in total. The van der Waals surface area contributed by atoms with E-state index in [0.29, 0.717) is 10.6 Å². The van der Waals surface area contributed by atoms with Crippen LogP contribution in [-0.2, 0) is 9.59 Å². The first-order valence-corrected chi connectivity index (χ1v) is 7.45. The Morgan fingerprint density at radius 3 is 2.35 bits per heavy atom. The summed E-state index contributed by atoms with van der Waals surface area (Å²) in [4.78, 5) is 23.4. The fraction of sp³-hybridized carbons (Fsp3) is 0. The van der Waals surface area contributed by atoms with Gasteiger partial charge in [-0.3, -0.25) is 9.59 Å². The second-order valence-electron chi connectivity index (χ2n) is 4.28. The van der Waals surface area contributed by atoms with Crippen molar-refractivity contribution in [1.29, 1.82) is 0 Å². The van der Waals surface area contributed by atoms with E-state index in [1.165, 1.54) is 12.3 Å². The first-order valence-electron chi connectivity index (χ1n) is 6.32. The number of rotatable bonds is 3. The van der Waals surface area contributed by atoms with Crippen molar-refractivity contribution in [3.05, 3.63) is 63.1 Å². The molecule has 0 aliphatic carbocycles. The Labute approximate surface area is 147 Å². The topological polar surface area (TPSA) is 70.6 Å². The van der Waals surface area contributed by atoms with E-state index >= 15 is 0 Å². The van der Waals surface area contributed by atoms with Gasteiger partial charge in [-0.2, -0.15) is 5.10 Å². The largest absolute Gasteiger partial charge is 0.329 e. The van der Waals surface area contributed by atoms with Crippen molar-refractivity contribution >= 4 is 58.5 Å². The smallest absolute Gasteiger partial charge is 0.316 e. The summed E-state index contributed by atoms with van der Waals surface area (Å²) in [5.74, 6) is -1.88. The van der Waals surface area contributed by atoms with Gasteiger partial charge in [0.05, 0.1) is 21.9 Å². The van der Waals surface area contributed by atoms with Crippen LogP contribution in [0.5, 0.6) is 0 Å². The summed E-state index contributed by atoms with van der Waals surface area (Å²) in [5, 5.41) is 6.91. The molecule has 0 bridgehead atoms. The highest BCUT2D eigenvalue weighted by Crippen LogP contribution is 2.29. The van der Waals surface area contributed by atoms with Crippen LogP contribution in [0.25, 0.3) is 0 Å². The first kappa shape index (κ1) is 17.3. The maximum atomic E-state index is 11.8. The zero-order valence-electron chi connectivity index (χ0n) is 11.5. The molecule has 0 unspecified atom stereocenters. The number of carbonyl (C=O) groups excluding carboxylic acids is 2. The first-order chi connectivity index (χ1) is 11.0. The van der Waals surface area contributed by atoms with Crippen molar-refractivity contribution in [2.24, 2.45) is 5.10 Å². The molecule has 0 saturated heterocycles. The fourth-order valence-corrected chi connectivity index (χ4v) is 2.10. The quantitative estimate of drug-likeness (QED) is 0.491. The van der Waals surface area contributed by atoms with E-state index in [1.54, 1.807) is 36.4 Å². The van der Waals surface area contributed by atoms with Crippen LogP contribution in [-0.4, -0.2) is 18.0 Å². The predicted octanol–water partition coefficient (Wildman–Crippen LogP) is 3.74. The summed E-state index contributed by atoms with van der Waals surface area (Å²) in [5.41, 5.74) is 2.93. The molecule has 0 aliphatic heterocycles. The minimum absolute atomic E-state index is 0.148. The lowest BCUT2D eigenvalue weighted by molar-refractivity contribution is -0.136. The second kappa shape index (κ2) is 7.97. The lowest BCUT2D eigenvalue weighted by atomic mass is 10.2. The summed E-state index contributed by atoms with van der Waals surface area (Å²) in [6, 6.07) is 11.6. The van der Waals surface area contributed by atoms with Gasteiger partial charge < -0.3 is 5.32 Å². The number of carbonyl (C=O) groups is 2. The van der Waals surface area contributed by atoms with Gasteiger partial charge in [0.2, 0.25) is 0 Å². The van der Waals surface area contributed by atoms with E-state index in [4.69, 9.17) is 34.8 Å². The van der Waals surface area contributed by atoms with Crippen molar-refractivity contribution in [1.82, 2.24) is 5.43 Å². The maximum absolute atomic E-state index is 11.8. The number of amides is 2. The van der Waals surface area contributed by atoms with E-state index in [1.807, 2.05) is 0 Å². The van der Waals surface area contributed by atoms with Crippen LogP contribution < -0.4 is 10.7 Å². The average molecular weight is 371 g/mol. The number of nitrogens with zero attached hydrogens (tertiary/aromatic N) is 1. The van der Waals surface area contributed by atoms with Crippen LogP contribution in [0.4, 0.5) is 5.69 Å². The third-order valence-corrected chi connectivity index (χ3v) is 3.84. The van der Waals surface area contributed by atoms with E-state index in [0.717, 1.165) is 0 Å². The molecule has 0 atom stereocenters. The van der Waals surface area contributed by atoms with Crippen molar-refractivity contribution in [2.45, 2.75) is 0 Å². The highest BCUT2D eigenvalue weighted by atomic mass is 35.5. The average Bonchev–Trinajstić information content (AvgIpc) is 2.53. The van der Waals surface area contributed by atoms with Crippen LogP contribution in [0.1, 0.15) is 5.56 Å². The Bertz CT molecular complexity index is 778. The Morgan fingerprint density at radius 2 is 1.61 bits per heavy atom. The molecule has 0 saturated carbocycles. The van der Waals surface area contributed by atoms with Gasteiger partial charge in [0, 0.05) is 10.6 Å². The molecular weight excluding hydrogens is 361 g/mol. The molecule has 118 valence electrons. The van der Waals surface area contributed by atoms with Gasteiger partial charge in [0.1, 0.15) is 0 Å². The van der Waals surface area contributed by atoms with Crippen LogP contribution >= 0.6 is 34.8 Å². The highest BCUT2D eigenvalue weighted by molar-refractivity contribution is 6.45. The van der Waals surface area contributed by atoms with Crippen molar-refractivity contribution in [3.63, 3.8) is 0 Å². The van der Waals surface area contributed by atoms with Gasteiger partial charge >= 0.3 is 11.8 Å². The number of benzene rings is 2. The van der Waals surface area contributed by atoms with Crippen LogP contribution in [0.3, 0.4) is 0 Å². The molecule has 2 N–H and O–H groups in total. The number of hydrogen-bond acceptors (Lipinski definition) is 3. The van der Waals surface area contributed by atoms with Gasteiger partial charge in [0.25, 0.3) is 0 Å². The molecule has 0 heterocycles. The molecule has 0 aromatic heterocycles.